The van der Waals surface area contributed by atoms with Gasteiger partial charge in [-0.3, -0.25) is 0 Å². The Morgan fingerprint density at radius 3 is 2.46 bits per heavy atom. The fourth-order valence-electron chi connectivity index (χ4n) is 0.957. The Hall–Kier alpha value is 2.50. The van der Waals surface area contributed by atoms with Crippen LogP contribution in [0, 0.1) is 0 Å². The summed E-state index contributed by atoms with van der Waals surface area (Å²) in [5.41, 5.74) is 3.31. The predicted octanol–water partition coefficient (Wildman–Crippen LogP) is -0.265. The Labute approximate surface area is 122 Å². The Morgan fingerprint density at radius 2 is 2.15 bits per heavy atom. The molecule has 0 heterocycles. The number of hydrogen-bond acceptors (Lipinski definition) is 3. The zero-order valence-electron chi connectivity index (χ0n) is 8.02. The van der Waals surface area contributed by atoms with Gasteiger partial charge in [-0.05, 0) is 0 Å². The monoisotopic (exact) mass is 542 g/mol. The van der Waals surface area contributed by atoms with Gasteiger partial charge < -0.3 is 0 Å². The second-order valence-corrected chi connectivity index (χ2v) is 9.61. The molecule has 82 valence electrons. The normalized spacial score (nSPS) is 16.9. The van der Waals surface area contributed by atoms with Crippen LogP contribution in [0.5, 0.6) is 0 Å². The van der Waals surface area contributed by atoms with Gasteiger partial charge in [0, 0.05) is 0 Å². The first-order valence-electron chi connectivity index (χ1n) is 3.89. The number of alkyl halides is 2. The Morgan fingerprint density at radius 1 is 1.62 bits per heavy atom. The molecule has 0 radical (unpaired) electrons. The van der Waals surface area contributed by atoms with E-state index in [0.29, 0.717) is 0 Å². The van der Waals surface area contributed by atoms with Crippen LogP contribution in [0.3, 0.4) is 0 Å². The Balaban J connectivity index is 4.19. The van der Waals surface area contributed by atoms with Crippen LogP contribution in [0.2, 0.25) is 0 Å². The molecule has 0 aliphatic heterocycles. The summed E-state index contributed by atoms with van der Waals surface area (Å²) in [6.45, 7) is 4.50. The van der Waals surface area contributed by atoms with Crippen LogP contribution in [0.15, 0.2) is 0 Å². The van der Waals surface area contributed by atoms with E-state index in [0.717, 1.165) is 0 Å². The van der Waals surface area contributed by atoms with E-state index in [-0.39, 0.29) is 25.0 Å². The van der Waals surface area contributed by atoms with Gasteiger partial charge in [0.25, 0.3) is 0 Å². The molecule has 1 N–H and O–H groups in total. The molecule has 3 nitrogen and oxygen atoms in total. The zero-order valence-corrected chi connectivity index (χ0v) is 15.6. The van der Waals surface area contributed by atoms with Gasteiger partial charge in [0.2, 0.25) is 0 Å². The fourth-order valence-corrected chi connectivity index (χ4v) is 5.50. The van der Waals surface area contributed by atoms with Crippen LogP contribution in [0.1, 0.15) is 26.7 Å². The molecule has 0 rings (SSSR count). The van der Waals surface area contributed by atoms with E-state index in [9.17, 15) is 0 Å². The molecule has 0 spiro atoms. The molecule has 2 unspecified atom stereocenters. The van der Waals surface area contributed by atoms with Gasteiger partial charge in [-0.1, -0.05) is 0 Å². The van der Waals surface area contributed by atoms with Crippen molar-refractivity contribution in [2.75, 3.05) is 4.93 Å². The summed E-state index contributed by atoms with van der Waals surface area (Å²) in [6, 6.07) is 0. The van der Waals surface area contributed by atoms with Crippen molar-refractivity contribution in [3.8, 4) is 0 Å². The van der Waals surface area contributed by atoms with Crippen molar-refractivity contribution in [1.29, 1.82) is 0 Å². The second kappa shape index (κ2) is 7.72. The Kier molecular flexibility index (Phi) is 9.21. The summed E-state index contributed by atoms with van der Waals surface area (Å²) in [5, 5.41) is 0. The van der Waals surface area contributed by atoms with Crippen LogP contribution in [-0.2, 0) is 0 Å². The maximum atomic E-state index is 3.31. The summed E-state index contributed by atoms with van der Waals surface area (Å²) in [6.07, 6.45) is 2.43. The number of hydrazine groups is 2. The van der Waals surface area contributed by atoms with Crippen molar-refractivity contribution in [2.24, 2.45) is 0 Å². The topological polar surface area (TPSA) is 18.5 Å². The average Bonchev–Trinajstić information content (AvgIpc) is 1.99. The number of hydrogen-bond donors (Lipinski definition) is 1. The van der Waals surface area contributed by atoms with Crippen molar-refractivity contribution in [3.05, 3.63) is 0 Å². The quantitative estimate of drug-likeness (QED) is 0.125. The third-order valence-electron chi connectivity index (χ3n) is 1.47. The molecule has 2 atom stereocenters. The van der Waals surface area contributed by atoms with Crippen LogP contribution in [-0.4, -0.2) is 14.7 Å². The van der Waals surface area contributed by atoms with Gasteiger partial charge in [0.1, 0.15) is 0 Å². The fraction of sp³-hybridized carbons (Fsp3) is 1.00. The second-order valence-electron chi connectivity index (χ2n) is 2.75. The third kappa shape index (κ3) is 6.62. The van der Waals surface area contributed by atoms with E-state index in [2.05, 4.69) is 82.4 Å². The molecule has 0 bridgehead atoms. The molecule has 7 heteroatoms. The summed E-state index contributed by atoms with van der Waals surface area (Å²) in [5.74, 6) is 0. The summed E-state index contributed by atoms with van der Waals surface area (Å²) in [4.78, 5) is 2.27. The number of halogens is 3. The van der Waals surface area contributed by atoms with Crippen molar-refractivity contribution in [1.82, 2.24) is 11.7 Å². The van der Waals surface area contributed by atoms with Gasteiger partial charge in [0.15, 0.2) is 0 Å². The maximum absolute atomic E-state index is 3.31. The van der Waals surface area contributed by atoms with Crippen LogP contribution >= 0.6 is 54.8 Å². The number of nitrogens with one attached hydrogen (secondary N) is 1. The average molecular weight is 542 g/mol. The van der Waals surface area contributed by atoms with E-state index in [4.69, 9.17) is 0 Å². The predicted molar refractivity (Wildman–Crippen MR) is 73.8 cm³/mol. The molecular formula is C6H16I3N3P-. The third-order valence-corrected chi connectivity index (χ3v) is 5.99. The van der Waals surface area contributed by atoms with E-state index in [1.54, 1.807) is 0 Å². The molecular weight excluding hydrogens is 526 g/mol. The molecule has 0 aromatic rings. The van der Waals surface area contributed by atoms with Crippen molar-refractivity contribution in [3.63, 3.8) is 0 Å². The minimum atomic E-state index is 0.0606. The molecule has 0 aliphatic rings. The van der Waals surface area contributed by atoms with Crippen LogP contribution in [0.4, 0.5) is 0 Å². The zero-order chi connectivity index (χ0) is 10.5. The molecule has 0 saturated heterocycles. The van der Waals surface area contributed by atoms with E-state index >= 15 is 0 Å². The summed E-state index contributed by atoms with van der Waals surface area (Å²) in [7, 11) is 2.61. The van der Waals surface area contributed by atoms with Gasteiger partial charge >= 0.3 is 123 Å². The molecule has 0 aromatic heterocycles. The van der Waals surface area contributed by atoms with E-state index in [1.807, 2.05) is 2.99 Å². The summed E-state index contributed by atoms with van der Waals surface area (Å²) < 4.78 is 4.47. The Bertz CT molecular complexity index is 145. The SMILES string of the molecule is CCCC(C)(I)N(NN(P)I)[I-]C. The van der Waals surface area contributed by atoms with Gasteiger partial charge in [-0.25, -0.2) is 0 Å². The van der Waals surface area contributed by atoms with Crippen molar-refractivity contribution >= 4 is 54.8 Å². The molecule has 0 aromatic carbocycles. The molecule has 0 saturated carbocycles. The first-order chi connectivity index (χ1) is 5.94. The number of nitrogens with zero attached hydrogens (tertiary/aromatic N) is 2. The molecule has 0 aliphatic carbocycles. The van der Waals surface area contributed by atoms with Gasteiger partial charge in [0.05, 0.1) is 0 Å². The van der Waals surface area contributed by atoms with Gasteiger partial charge in [-0.15, -0.1) is 0 Å². The van der Waals surface area contributed by atoms with E-state index < -0.39 is 0 Å². The first-order valence-corrected chi connectivity index (χ1v) is 9.58. The van der Waals surface area contributed by atoms with Crippen molar-refractivity contribution in [2.45, 2.75) is 30.2 Å². The summed E-state index contributed by atoms with van der Waals surface area (Å²) >= 11 is 4.79. The van der Waals surface area contributed by atoms with Gasteiger partial charge in [-0.2, -0.15) is 0 Å². The minimum absolute atomic E-state index is 0.0606. The molecule has 0 fully saturated rings. The standard InChI is InChI=1S/C6H16I3N3P/c1-4-5-6(2,7)11(9-3)10-12(8)13/h10H,4-5,13H2,1-3H3/q-1. The van der Waals surface area contributed by atoms with Crippen LogP contribution < -0.4 is 27.0 Å². The first kappa shape index (κ1) is 15.5. The van der Waals surface area contributed by atoms with Crippen molar-refractivity contribution < 1.29 is 21.5 Å². The number of rotatable bonds is 6. The molecule has 0 amide bonds. The van der Waals surface area contributed by atoms with E-state index in [1.165, 1.54) is 12.8 Å². The molecule has 13 heavy (non-hydrogen) atoms. The van der Waals surface area contributed by atoms with Crippen LogP contribution in [0.25, 0.3) is 0 Å².